The smallest absolute Gasteiger partial charge is 0.0662 e. The second kappa shape index (κ2) is 2.99. The summed E-state index contributed by atoms with van der Waals surface area (Å²) < 4.78 is 0. The van der Waals surface area contributed by atoms with Gasteiger partial charge in [0, 0.05) is 6.04 Å². The fourth-order valence-electron chi connectivity index (χ4n) is 0.241. The summed E-state index contributed by atoms with van der Waals surface area (Å²) in [7, 11) is 1.83. The molecule has 0 aliphatic carbocycles. The molecule has 0 unspecified atom stereocenters. The molecular weight excluding hydrogens is 90.1 g/mol. The molecule has 0 aliphatic rings. The van der Waals surface area contributed by atoms with E-state index in [1.54, 1.807) is 6.92 Å². The summed E-state index contributed by atoms with van der Waals surface area (Å²) in [6.07, 6.45) is -0.245. The van der Waals surface area contributed by atoms with Crippen LogP contribution in [-0.4, -0.2) is 24.3 Å². The van der Waals surface area contributed by atoms with Gasteiger partial charge in [0.05, 0.1) is 6.10 Å². The van der Waals surface area contributed by atoms with Crippen LogP contribution >= 0.6 is 0 Å². The Morgan fingerprint density at radius 3 is 1.86 bits per heavy atom. The van der Waals surface area contributed by atoms with Gasteiger partial charge in [0.15, 0.2) is 0 Å². The zero-order valence-electron chi connectivity index (χ0n) is 5.10. The molecule has 0 saturated carbocycles. The van der Waals surface area contributed by atoms with E-state index in [9.17, 15) is 0 Å². The Hall–Kier alpha value is -0.0800. The van der Waals surface area contributed by atoms with Gasteiger partial charge in [0.25, 0.3) is 0 Å². The molecule has 0 heterocycles. The SMILES string of the molecule is CN[C@@H](C)[C@H](C)O. The van der Waals surface area contributed by atoms with E-state index in [2.05, 4.69) is 5.32 Å². The van der Waals surface area contributed by atoms with Crippen molar-refractivity contribution in [2.75, 3.05) is 7.05 Å². The molecule has 0 aliphatic heterocycles. The van der Waals surface area contributed by atoms with Crippen LogP contribution in [0.3, 0.4) is 0 Å². The third kappa shape index (κ3) is 2.60. The highest BCUT2D eigenvalue weighted by molar-refractivity contribution is 4.61. The third-order valence-corrected chi connectivity index (χ3v) is 1.18. The summed E-state index contributed by atoms with van der Waals surface area (Å²) in [6, 6.07) is 0.208. The highest BCUT2D eigenvalue weighted by Gasteiger charge is 2.02. The number of nitrogens with one attached hydrogen (secondary N) is 1. The highest BCUT2D eigenvalue weighted by Crippen LogP contribution is 1.86. The van der Waals surface area contributed by atoms with Gasteiger partial charge >= 0.3 is 0 Å². The molecule has 0 radical (unpaired) electrons. The second-order valence-electron chi connectivity index (χ2n) is 1.82. The summed E-state index contributed by atoms with van der Waals surface area (Å²) in [6.45, 7) is 3.70. The van der Waals surface area contributed by atoms with Crippen molar-refractivity contribution in [2.24, 2.45) is 0 Å². The monoisotopic (exact) mass is 103 g/mol. The summed E-state index contributed by atoms with van der Waals surface area (Å²) in [5, 5.41) is 11.7. The maximum absolute atomic E-state index is 8.76. The molecule has 7 heavy (non-hydrogen) atoms. The van der Waals surface area contributed by atoms with Crippen molar-refractivity contribution in [3.8, 4) is 0 Å². The van der Waals surface area contributed by atoms with E-state index in [4.69, 9.17) is 5.11 Å². The van der Waals surface area contributed by atoms with E-state index in [0.29, 0.717) is 0 Å². The minimum absolute atomic E-state index is 0.208. The highest BCUT2D eigenvalue weighted by atomic mass is 16.3. The zero-order valence-corrected chi connectivity index (χ0v) is 5.10. The first-order valence-corrected chi connectivity index (χ1v) is 2.53. The standard InChI is InChI=1S/C5H13NO/c1-4(6-3)5(2)7/h4-7H,1-3H3/t4-,5-/m0/s1. The number of aliphatic hydroxyl groups is 1. The van der Waals surface area contributed by atoms with E-state index >= 15 is 0 Å². The molecule has 0 aromatic rings. The van der Waals surface area contributed by atoms with Gasteiger partial charge in [-0.05, 0) is 20.9 Å². The van der Waals surface area contributed by atoms with E-state index in [1.807, 2.05) is 14.0 Å². The van der Waals surface area contributed by atoms with Crippen LogP contribution < -0.4 is 5.32 Å². The van der Waals surface area contributed by atoms with Gasteiger partial charge in [-0.1, -0.05) is 0 Å². The van der Waals surface area contributed by atoms with Crippen molar-refractivity contribution in [3.05, 3.63) is 0 Å². The van der Waals surface area contributed by atoms with Crippen LogP contribution in [0.15, 0.2) is 0 Å². The molecule has 0 aromatic carbocycles. The van der Waals surface area contributed by atoms with Crippen molar-refractivity contribution >= 4 is 0 Å². The molecular formula is C5H13NO. The first-order chi connectivity index (χ1) is 3.18. The fourth-order valence-corrected chi connectivity index (χ4v) is 0.241. The van der Waals surface area contributed by atoms with Crippen molar-refractivity contribution in [1.82, 2.24) is 5.32 Å². The minimum Gasteiger partial charge on any atom is -0.392 e. The first kappa shape index (κ1) is 6.92. The van der Waals surface area contributed by atoms with Crippen LogP contribution in [0.25, 0.3) is 0 Å². The van der Waals surface area contributed by atoms with Gasteiger partial charge < -0.3 is 10.4 Å². The summed E-state index contributed by atoms with van der Waals surface area (Å²) in [5.41, 5.74) is 0. The molecule has 0 aromatic heterocycles. The Morgan fingerprint density at radius 2 is 1.86 bits per heavy atom. The molecule has 0 saturated heterocycles. The molecule has 0 rings (SSSR count). The number of rotatable bonds is 2. The lowest BCUT2D eigenvalue weighted by Crippen LogP contribution is -2.32. The topological polar surface area (TPSA) is 32.3 Å². The summed E-state index contributed by atoms with van der Waals surface area (Å²) in [5.74, 6) is 0. The second-order valence-corrected chi connectivity index (χ2v) is 1.82. The molecule has 2 atom stereocenters. The van der Waals surface area contributed by atoms with E-state index in [-0.39, 0.29) is 12.1 Å². The lowest BCUT2D eigenvalue weighted by atomic mass is 10.2. The van der Waals surface area contributed by atoms with Gasteiger partial charge in [0.1, 0.15) is 0 Å². The quantitative estimate of drug-likeness (QED) is 0.514. The molecule has 0 fully saturated rings. The van der Waals surface area contributed by atoms with Crippen molar-refractivity contribution < 1.29 is 5.11 Å². The normalized spacial score (nSPS) is 18.9. The largest absolute Gasteiger partial charge is 0.392 e. The van der Waals surface area contributed by atoms with Crippen LogP contribution in [0.1, 0.15) is 13.8 Å². The maximum Gasteiger partial charge on any atom is 0.0662 e. The Morgan fingerprint density at radius 1 is 1.43 bits per heavy atom. The number of likely N-dealkylation sites (N-methyl/N-ethyl adjacent to an activating group) is 1. The Labute approximate surface area is 44.5 Å². The molecule has 0 amide bonds. The average molecular weight is 103 g/mol. The van der Waals surface area contributed by atoms with E-state index in [0.717, 1.165) is 0 Å². The molecule has 0 bridgehead atoms. The van der Waals surface area contributed by atoms with Gasteiger partial charge in [-0.2, -0.15) is 0 Å². The van der Waals surface area contributed by atoms with Crippen LogP contribution in [0, 0.1) is 0 Å². The predicted molar refractivity (Wildman–Crippen MR) is 30.2 cm³/mol. The zero-order chi connectivity index (χ0) is 5.86. The molecule has 2 N–H and O–H groups in total. The number of aliphatic hydroxyl groups excluding tert-OH is 1. The molecule has 44 valence electrons. The molecule has 2 heteroatoms. The minimum atomic E-state index is -0.245. The lowest BCUT2D eigenvalue weighted by Gasteiger charge is -2.11. The maximum atomic E-state index is 8.76. The number of hydrogen-bond donors (Lipinski definition) is 2. The van der Waals surface area contributed by atoms with Crippen molar-refractivity contribution in [3.63, 3.8) is 0 Å². The molecule has 2 nitrogen and oxygen atoms in total. The van der Waals surface area contributed by atoms with Crippen LogP contribution in [-0.2, 0) is 0 Å². The predicted octanol–water partition coefficient (Wildman–Crippen LogP) is -0.0249. The Bertz CT molecular complexity index is 45.3. The van der Waals surface area contributed by atoms with Crippen LogP contribution in [0.5, 0.6) is 0 Å². The summed E-state index contributed by atoms with van der Waals surface area (Å²) >= 11 is 0. The van der Waals surface area contributed by atoms with Crippen molar-refractivity contribution in [2.45, 2.75) is 26.0 Å². The van der Waals surface area contributed by atoms with Crippen LogP contribution in [0.2, 0.25) is 0 Å². The van der Waals surface area contributed by atoms with E-state index < -0.39 is 0 Å². The Balaban J connectivity index is 3.14. The lowest BCUT2D eigenvalue weighted by molar-refractivity contribution is 0.157. The number of hydrogen-bond acceptors (Lipinski definition) is 2. The van der Waals surface area contributed by atoms with Crippen molar-refractivity contribution in [1.29, 1.82) is 0 Å². The van der Waals surface area contributed by atoms with E-state index in [1.165, 1.54) is 0 Å². The van der Waals surface area contributed by atoms with Gasteiger partial charge in [-0.25, -0.2) is 0 Å². The van der Waals surface area contributed by atoms with Gasteiger partial charge in [-0.15, -0.1) is 0 Å². The average Bonchev–Trinajstić information content (AvgIpc) is 1.65. The Kier molecular flexibility index (Phi) is 2.96. The summed E-state index contributed by atoms with van der Waals surface area (Å²) in [4.78, 5) is 0. The first-order valence-electron chi connectivity index (χ1n) is 2.53. The van der Waals surface area contributed by atoms with Crippen LogP contribution in [0.4, 0.5) is 0 Å². The molecule has 0 spiro atoms. The third-order valence-electron chi connectivity index (χ3n) is 1.18. The fraction of sp³-hybridized carbons (Fsp3) is 1.00. The van der Waals surface area contributed by atoms with Gasteiger partial charge in [-0.3, -0.25) is 0 Å². The van der Waals surface area contributed by atoms with Gasteiger partial charge in [0.2, 0.25) is 0 Å².